The summed E-state index contributed by atoms with van der Waals surface area (Å²) in [7, 11) is 0. The van der Waals surface area contributed by atoms with Gasteiger partial charge in [-0.25, -0.2) is 15.0 Å². The lowest BCUT2D eigenvalue weighted by atomic mass is 10.1. The maximum absolute atomic E-state index is 4.79. The quantitative estimate of drug-likeness (QED) is 0.344. The van der Waals surface area contributed by atoms with Gasteiger partial charge in [-0.15, -0.1) is 0 Å². The highest BCUT2D eigenvalue weighted by atomic mass is 127. The van der Waals surface area contributed by atoms with Crippen molar-refractivity contribution in [3.63, 3.8) is 0 Å². The zero-order valence-corrected chi connectivity index (χ0v) is 17.0. The molecule has 1 aliphatic rings. The van der Waals surface area contributed by atoms with Gasteiger partial charge in [0.05, 0.1) is 0 Å². The number of fused-ring (bicyclic) bond motifs is 4. The Morgan fingerprint density at radius 2 is 2.15 bits per heavy atom. The highest BCUT2D eigenvalue weighted by Gasteiger charge is 2.20. The molecule has 5 rings (SSSR count). The molecule has 6 nitrogen and oxygen atoms in total. The average Bonchev–Trinajstić information content (AvgIpc) is 3.24. The number of aromatic amines is 1. The van der Waals surface area contributed by atoms with E-state index in [4.69, 9.17) is 4.98 Å². The molecule has 132 valence electrons. The second-order valence-corrected chi connectivity index (χ2v) is 8.32. The standard InChI is InChI=1S/C18H17IN6S/c19-17-23-15(14-16(24-17)25-8-3-9-26-18(25)22-14)20-7-6-11-10-21-13-5-2-1-4-12(11)13/h1-2,4-5,10,21H,3,6-9H2,(H,20,23,24). The van der Waals surface area contributed by atoms with Gasteiger partial charge < -0.3 is 14.9 Å². The molecule has 8 heteroatoms. The molecular formula is C18H17IN6S. The molecule has 0 fully saturated rings. The fourth-order valence-corrected chi connectivity index (χ4v) is 4.84. The van der Waals surface area contributed by atoms with E-state index in [1.165, 1.54) is 16.5 Å². The van der Waals surface area contributed by atoms with Crippen molar-refractivity contribution < 1.29 is 0 Å². The van der Waals surface area contributed by atoms with Crippen molar-refractivity contribution in [2.24, 2.45) is 0 Å². The van der Waals surface area contributed by atoms with Crippen molar-refractivity contribution in [1.82, 2.24) is 24.5 Å². The lowest BCUT2D eigenvalue weighted by molar-refractivity contribution is 0.619. The van der Waals surface area contributed by atoms with Crippen LogP contribution < -0.4 is 5.32 Å². The van der Waals surface area contributed by atoms with E-state index in [0.717, 1.165) is 57.7 Å². The number of para-hydroxylation sites is 1. The van der Waals surface area contributed by atoms with E-state index in [9.17, 15) is 0 Å². The maximum Gasteiger partial charge on any atom is 0.194 e. The topological polar surface area (TPSA) is 71.4 Å². The van der Waals surface area contributed by atoms with Crippen LogP contribution in [0.5, 0.6) is 0 Å². The summed E-state index contributed by atoms with van der Waals surface area (Å²) in [5.41, 5.74) is 4.32. The smallest absolute Gasteiger partial charge is 0.194 e. The van der Waals surface area contributed by atoms with Crippen LogP contribution in [0.2, 0.25) is 0 Å². The first-order valence-corrected chi connectivity index (χ1v) is 10.7. The molecule has 3 aromatic heterocycles. The molecule has 0 saturated heterocycles. The van der Waals surface area contributed by atoms with Gasteiger partial charge in [0.15, 0.2) is 26.0 Å². The summed E-state index contributed by atoms with van der Waals surface area (Å²) in [6, 6.07) is 8.40. The Bertz CT molecular complexity index is 1100. The number of aromatic nitrogens is 5. The van der Waals surface area contributed by atoms with Gasteiger partial charge in [0.25, 0.3) is 0 Å². The third kappa shape index (κ3) is 2.84. The summed E-state index contributed by atoms with van der Waals surface area (Å²) < 4.78 is 2.97. The lowest BCUT2D eigenvalue weighted by Crippen LogP contribution is -2.09. The molecule has 0 atom stereocenters. The fraction of sp³-hybridized carbons (Fsp3) is 0.278. The van der Waals surface area contributed by atoms with Crippen molar-refractivity contribution >= 4 is 62.2 Å². The Morgan fingerprint density at radius 1 is 1.23 bits per heavy atom. The number of nitrogens with one attached hydrogen (secondary N) is 2. The van der Waals surface area contributed by atoms with E-state index < -0.39 is 0 Å². The van der Waals surface area contributed by atoms with Crippen molar-refractivity contribution in [3.05, 3.63) is 39.9 Å². The van der Waals surface area contributed by atoms with Gasteiger partial charge >= 0.3 is 0 Å². The minimum atomic E-state index is 0.753. The van der Waals surface area contributed by atoms with Gasteiger partial charge in [0, 0.05) is 58.5 Å². The SMILES string of the molecule is Ic1nc(NCCc2c[nH]c3ccccc23)c2nc3n(c2n1)CCCS3. The van der Waals surface area contributed by atoms with E-state index in [-0.39, 0.29) is 0 Å². The molecule has 1 aromatic carbocycles. The van der Waals surface area contributed by atoms with Crippen LogP contribution >= 0.6 is 34.4 Å². The second kappa shape index (κ2) is 6.73. The number of aryl methyl sites for hydroxylation is 1. The van der Waals surface area contributed by atoms with E-state index in [0.29, 0.717) is 0 Å². The van der Waals surface area contributed by atoms with Crippen LogP contribution in [0.15, 0.2) is 35.6 Å². The van der Waals surface area contributed by atoms with Crippen LogP contribution in [-0.4, -0.2) is 36.8 Å². The minimum Gasteiger partial charge on any atom is -0.368 e. The fourth-order valence-electron chi connectivity index (χ4n) is 3.43. The number of nitrogens with zero attached hydrogens (tertiary/aromatic N) is 4. The van der Waals surface area contributed by atoms with E-state index in [1.54, 1.807) is 11.8 Å². The Balaban J connectivity index is 1.41. The number of hydrogen-bond acceptors (Lipinski definition) is 5. The zero-order valence-electron chi connectivity index (χ0n) is 14.0. The summed E-state index contributed by atoms with van der Waals surface area (Å²) in [5.74, 6) is 1.96. The molecule has 1 aliphatic heterocycles. The molecule has 0 radical (unpaired) electrons. The van der Waals surface area contributed by atoms with E-state index in [2.05, 4.69) is 77.9 Å². The summed E-state index contributed by atoms with van der Waals surface area (Å²) in [6.45, 7) is 1.79. The molecule has 4 aromatic rings. The van der Waals surface area contributed by atoms with Crippen molar-refractivity contribution in [3.8, 4) is 0 Å². The van der Waals surface area contributed by atoms with Gasteiger partial charge in [-0.05, 0) is 24.5 Å². The van der Waals surface area contributed by atoms with Gasteiger partial charge in [-0.2, -0.15) is 0 Å². The van der Waals surface area contributed by atoms with Crippen LogP contribution in [0.25, 0.3) is 22.1 Å². The zero-order chi connectivity index (χ0) is 17.5. The Hall–Kier alpha value is -1.81. The number of anilines is 1. The lowest BCUT2D eigenvalue weighted by Gasteiger charge is -2.12. The molecule has 0 unspecified atom stereocenters. The van der Waals surface area contributed by atoms with Crippen LogP contribution in [0, 0.1) is 3.83 Å². The van der Waals surface area contributed by atoms with Crippen molar-refractivity contribution in [2.75, 3.05) is 17.6 Å². The van der Waals surface area contributed by atoms with E-state index >= 15 is 0 Å². The summed E-state index contributed by atoms with van der Waals surface area (Å²) in [5, 5.41) is 5.83. The normalized spacial score (nSPS) is 14.0. The summed E-state index contributed by atoms with van der Waals surface area (Å²) in [6.07, 6.45) is 4.18. The largest absolute Gasteiger partial charge is 0.368 e. The molecular weight excluding hydrogens is 459 g/mol. The highest BCUT2D eigenvalue weighted by molar-refractivity contribution is 14.1. The predicted octanol–water partition coefficient (Wildman–Crippen LogP) is 4.06. The van der Waals surface area contributed by atoms with Gasteiger partial charge in [-0.1, -0.05) is 30.0 Å². The first kappa shape index (κ1) is 16.4. The summed E-state index contributed by atoms with van der Waals surface area (Å²) in [4.78, 5) is 17.3. The Labute approximate surface area is 168 Å². The molecule has 0 saturated carbocycles. The van der Waals surface area contributed by atoms with Crippen LogP contribution in [-0.2, 0) is 13.0 Å². The van der Waals surface area contributed by atoms with Crippen molar-refractivity contribution in [2.45, 2.75) is 24.5 Å². The highest BCUT2D eigenvalue weighted by Crippen LogP contribution is 2.31. The number of benzene rings is 1. The van der Waals surface area contributed by atoms with E-state index in [1.807, 2.05) is 0 Å². The molecule has 4 heterocycles. The molecule has 26 heavy (non-hydrogen) atoms. The first-order chi connectivity index (χ1) is 12.8. The molecule has 0 bridgehead atoms. The maximum atomic E-state index is 4.79. The predicted molar refractivity (Wildman–Crippen MR) is 114 cm³/mol. The van der Waals surface area contributed by atoms with Crippen LogP contribution in [0.1, 0.15) is 12.0 Å². The molecule has 0 aliphatic carbocycles. The molecule has 0 amide bonds. The Morgan fingerprint density at radius 3 is 3.12 bits per heavy atom. The molecule has 2 N–H and O–H groups in total. The third-order valence-electron chi connectivity index (χ3n) is 4.65. The number of rotatable bonds is 4. The van der Waals surface area contributed by atoms with Gasteiger partial charge in [-0.3, -0.25) is 0 Å². The minimum absolute atomic E-state index is 0.753. The van der Waals surface area contributed by atoms with Gasteiger partial charge in [0.1, 0.15) is 0 Å². The number of hydrogen-bond donors (Lipinski definition) is 2. The third-order valence-corrected chi connectivity index (χ3v) is 6.20. The average molecular weight is 476 g/mol. The Kier molecular flexibility index (Phi) is 4.24. The number of halogens is 1. The van der Waals surface area contributed by atoms with Crippen LogP contribution in [0.3, 0.4) is 0 Å². The monoisotopic (exact) mass is 476 g/mol. The van der Waals surface area contributed by atoms with Crippen LogP contribution in [0.4, 0.5) is 5.82 Å². The molecule has 0 spiro atoms. The van der Waals surface area contributed by atoms with Crippen molar-refractivity contribution in [1.29, 1.82) is 0 Å². The number of imidazole rings is 1. The number of H-pyrrole nitrogens is 1. The van der Waals surface area contributed by atoms with Gasteiger partial charge in [0.2, 0.25) is 0 Å². The first-order valence-electron chi connectivity index (χ1n) is 8.65. The number of thioether (sulfide) groups is 1. The summed E-state index contributed by atoms with van der Waals surface area (Å²) >= 11 is 3.99. The second-order valence-electron chi connectivity index (χ2n) is 6.30.